The number of carbonyl (C=O) groups excluding carboxylic acids is 3. The SMILES string of the molecule is CC(C)[C@@H]([C]=O)NC(=O)[C@H](CCCCN)NC(=O)[C@@H](N)Cc1c[nH]c2ccccc12. The standard InChI is InChI=1S/C22H32N5O3/c1-14(2)20(13-28)27-22(30)19(9-5-6-10-23)26-21(29)17(24)11-15-12-25-18-8-4-3-7-16(15)18/h3-4,7-8,12,14,17,19-20,25H,5-6,9-11,23-24H2,1-2H3,(H,26,29)(H,27,30)/t17-,19-,20+/m0/s1. The van der Waals surface area contributed by atoms with Crippen molar-refractivity contribution < 1.29 is 14.4 Å². The maximum Gasteiger partial charge on any atom is 0.243 e. The lowest BCUT2D eigenvalue weighted by molar-refractivity contribution is -0.130. The molecule has 0 spiro atoms. The smallest absolute Gasteiger partial charge is 0.243 e. The zero-order valence-corrected chi connectivity index (χ0v) is 17.6. The first kappa shape index (κ1) is 23.6. The molecule has 8 heteroatoms. The lowest BCUT2D eigenvalue weighted by Crippen LogP contribution is -2.54. The molecule has 8 nitrogen and oxygen atoms in total. The number of para-hydroxylation sites is 1. The Morgan fingerprint density at radius 3 is 2.53 bits per heavy atom. The van der Waals surface area contributed by atoms with Gasteiger partial charge in [0.15, 0.2) is 0 Å². The van der Waals surface area contributed by atoms with Crippen LogP contribution >= 0.6 is 0 Å². The number of benzene rings is 1. The molecule has 3 atom stereocenters. The van der Waals surface area contributed by atoms with Gasteiger partial charge in [-0.25, -0.2) is 0 Å². The van der Waals surface area contributed by atoms with Gasteiger partial charge < -0.3 is 27.1 Å². The van der Waals surface area contributed by atoms with Crippen molar-refractivity contribution in [1.82, 2.24) is 15.6 Å². The van der Waals surface area contributed by atoms with Crippen LogP contribution in [-0.2, 0) is 20.8 Å². The maximum atomic E-state index is 12.7. The van der Waals surface area contributed by atoms with Crippen LogP contribution in [0, 0.1) is 5.92 Å². The summed E-state index contributed by atoms with van der Waals surface area (Å²) in [6.45, 7) is 4.13. The second-order valence-electron chi connectivity index (χ2n) is 7.86. The summed E-state index contributed by atoms with van der Waals surface area (Å²) in [5.41, 5.74) is 13.6. The first-order valence-electron chi connectivity index (χ1n) is 10.4. The normalized spacial score (nSPS) is 14.3. The Hall–Kier alpha value is -2.71. The quantitative estimate of drug-likeness (QED) is 0.328. The lowest BCUT2D eigenvalue weighted by atomic mass is 10.0. The van der Waals surface area contributed by atoms with Crippen LogP contribution in [0.5, 0.6) is 0 Å². The van der Waals surface area contributed by atoms with Gasteiger partial charge in [-0.2, -0.15) is 0 Å². The van der Waals surface area contributed by atoms with E-state index in [9.17, 15) is 14.4 Å². The first-order chi connectivity index (χ1) is 14.4. The predicted molar refractivity (Wildman–Crippen MR) is 117 cm³/mol. The van der Waals surface area contributed by atoms with Crippen molar-refractivity contribution in [2.75, 3.05) is 6.54 Å². The third-order valence-electron chi connectivity index (χ3n) is 5.12. The second-order valence-corrected chi connectivity index (χ2v) is 7.86. The van der Waals surface area contributed by atoms with E-state index in [2.05, 4.69) is 15.6 Å². The first-order valence-corrected chi connectivity index (χ1v) is 10.4. The number of hydrogen-bond donors (Lipinski definition) is 5. The molecule has 0 aliphatic rings. The van der Waals surface area contributed by atoms with E-state index >= 15 is 0 Å². The van der Waals surface area contributed by atoms with E-state index in [1.165, 1.54) is 0 Å². The van der Waals surface area contributed by atoms with Gasteiger partial charge in [0, 0.05) is 17.1 Å². The minimum Gasteiger partial charge on any atom is -0.361 e. The third-order valence-corrected chi connectivity index (χ3v) is 5.12. The fraction of sp³-hybridized carbons (Fsp3) is 0.500. The minimum atomic E-state index is -0.812. The summed E-state index contributed by atoms with van der Waals surface area (Å²) in [4.78, 5) is 39.7. The third kappa shape index (κ3) is 6.40. The fourth-order valence-electron chi connectivity index (χ4n) is 3.26. The summed E-state index contributed by atoms with van der Waals surface area (Å²) in [6.07, 6.45) is 5.83. The number of hydrogen-bond acceptors (Lipinski definition) is 5. The minimum absolute atomic E-state index is 0.101. The van der Waals surface area contributed by atoms with Gasteiger partial charge in [0.25, 0.3) is 0 Å². The number of fused-ring (bicyclic) bond motifs is 1. The Labute approximate surface area is 177 Å². The maximum absolute atomic E-state index is 12.7. The molecule has 0 saturated carbocycles. The van der Waals surface area contributed by atoms with Crippen molar-refractivity contribution in [1.29, 1.82) is 0 Å². The molecule has 0 bridgehead atoms. The molecule has 0 aliphatic carbocycles. The summed E-state index contributed by atoms with van der Waals surface area (Å²) in [5.74, 6) is -0.929. The van der Waals surface area contributed by atoms with E-state index in [4.69, 9.17) is 11.5 Å². The Kier molecular flexibility index (Phi) is 9.01. The topological polar surface area (TPSA) is 143 Å². The van der Waals surface area contributed by atoms with E-state index in [1.807, 2.05) is 50.6 Å². The van der Waals surface area contributed by atoms with Crippen molar-refractivity contribution in [2.45, 2.75) is 57.7 Å². The molecule has 2 amide bonds. The molecule has 0 saturated heterocycles. The van der Waals surface area contributed by atoms with Gasteiger partial charge in [0.05, 0.1) is 12.1 Å². The van der Waals surface area contributed by atoms with Gasteiger partial charge in [-0.15, -0.1) is 0 Å². The number of nitrogens with one attached hydrogen (secondary N) is 3. The largest absolute Gasteiger partial charge is 0.361 e. The highest BCUT2D eigenvalue weighted by Gasteiger charge is 2.26. The zero-order valence-electron chi connectivity index (χ0n) is 17.6. The van der Waals surface area contributed by atoms with E-state index in [0.717, 1.165) is 22.9 Å². The van der Waals surface area contributed by atoms with Gasteiger partial charge in [0.1, 0.15) is 6.04 Å². The highest BCUT2D eigenvalue weighted by Crippen LogP contribution is 2.18. The average Bonchev–Trinajstić information content (AvgIpc) is 3.13. The molecule has 163 valence electrons. The average molecular weight is 415 g/mol. The molecule has 7 N–H and O–H groups in total. The monoisotopic (exact) mass is 414 g/mol. The summed E-state index contributed by atoms with van der Waals surface area (Å²) < 4.78 is 0. The summed E-state index contributed by atoms with van der Waals surface area (Å²) in [5, 5.41) is 6.41. The summed E-state index contributed by atoms with van der Waals surface area (Å²) in [7, 11) is 0. The summed E-state index contributed by atoms with van der Waals surface area (Å²) >= 11 is 0. The molecule has 1 aromatic carbocycles. The zero-order chi connectivity index (χ0) is 22.1. The number of unbranched alkanes of at least 4 members (excludes halogenated alkanes) is 1. The van der Waals surface area contributed by atoms with Gasteiger partial charge in [0.2, 0.25) is 18.1 Å². The number of carbonyl (C=O) groups is 2. The second kappa shape index (κ2) is 11.5. The van der Waals surface area contributed by atoms with Gasteiger partial charge in [-0.1, -0.05) is 32.0 Å². The molecular formula is C22H32N5O3. The Balaban J connectivity index is 2.04. The molecule has 0 aliphatic heterocycles. The van der Waals surface area contributed by atoms with Crippen molar-refractivity contribution in [3.8, 4) is 0 Å². The number of rotatable bonds is 12. The Morgan fingerprint density at radius 1 is 1.13 bits per heavy atom. The molecule has 1 aromatic heterocycles. The van der Waals surface area contributed by atoms with Gasteiger partial charge in [-0.3, -0.25) is 14.4 Å². The number of nitrogens with two attached hydrogens (primary N) is 2. The van der Waals surface area contributed by atoms with Crippen molar-refractivity contribution in [3.05, 3.63) is 36.0 Å². The van der Waals surface area contributed by atoms with Crippen LogP contribution in [0.25, 0.3) is 10.9 Å². The van der Waals surface area contributed by atoms with Gasteiger partial charge >= 0.3 is 0 Å². The van der Waals surface area contributed by atoms with Crippen molar-refractivity contribution in [2.24, 2.45) is 17.4 Å². The lowest BCUT2D eigenvalue weighted by Gasteiger charge is -2.23. The molecule has 30 heavy (non-hydrogen) atoms. The predicted octanol–water partition coefficient (Wildman–Crippen LogP) is 0.902. The van der Waals surface area contributed by atoms with Crippen molar-refractivity contribution >= 4 is 29.0 Å². The highest BCUT2D eigenvalue weighted by molar-refractivity contribution is 5.91. The molecule has 0 fully saturated rings. The van der Waals surface area contributed by atoms with Crippen LogP contribution < -0.4 is 22.1 Å². The molecule has 0 unspecified atom stereocenters. The van der Waals surface area contributed by atoms with Crippen LogP contribution in [0.2, 0.25) is 0 Å². The van der Waals surface area contributed by atoms with Crippen molar-refractivity contribution in [3.63, 3.8) is 0 Å². The number of amides is 2. The fourth-order valence-corrected chi connectivity index (χ4v) is 3.26. The van der Waals surface area contributed by atoms with E-state index in [-0.39, 0.29) is 5.92 Å². The molecule has 2 rings (SSSR count). The molecular weight excluding hydrogens is 382 g/mol. The summed E-state index contributed by atoms with van der Waals surface area (Å²) in [6, 6.07) is 5.46. The van der Waals surface area contributed by atoms with E-state index in [1.54, 1.807) is 0 Å². The number of H-pyrrole nitrogens is 1. The Morgan fingerprint density at radius 2 is 1.87 bits per heavy atom. The van der Waals surface area contributed by atoms with Gasteiger partial charge in [-0.05, 0) is 49.8 Å². The van der Waals surface area contributed by atoms with Crippen LogP contribution in [0.3, 0.4) is 0 Å². The highest BCUT2D eigenvalue weighted by atomic mass is 16.2. The van der Waals surface area contributed by atoms with Crippen LogP contribution in [0.4, 0.5) is 0 Å². The molecule has 1 heterocycles. The van der Waals surface area contributed by atoms with E-state index in [0.29, 0.717) is 25.8 Å². The number of aromatic amines is 1. The molecule has 1 radical (unpaired) electrons. The number of aromatic nitrogens is 1. The Bertz CT molecular complexity index is 848. The van der Waals surface area contributed by atoms with E-state index < -0.39 is 29.9 Å². The van der Waals surface area contributed by atoms with Crippen LogP contribution in [0.1, 0.15) is 38.7 Å². The van der Waals surface area contributed by atoms with Crippen LogP contribution in [-0.4, -0.2) is 47.8 Å². The molecule has 2 aromatic rings. The van der Waals surface area contributed by atoms with Crippen LogP contribution in [0.15, 0.2) is 30.5 Å².